The van der Waals surface area contributed by atoms with Crippen LogP contribution >= 0.6 is 0 Å². The fraction of sp³-hybridized carbons (Fsp3) is 1.00. The van der Waals surface area contributed by atoms with Crippen molar-refractivity contribution in [1.82, 2.24) is 0 Å². The lowest BCUT2D eigenvalue weighted by atomic mass is 11.5. The molecular weight excluding hydrogens is 72.1 g/mol. The molecule has 0 spiro atoms. The van der Waals surface area contributed by atoms with Crippen molar-refractivity contribution in [2.24, 2.45) is 0 Å². The van der Waals surface area contributed by atoms with Gasteiger partial charge in [0.25, 0.3) is 0 Å². The molecular formula is CH2O2Si. The maximum absolute atomic E-state index is 4.72. The van der Waals surface area contributed by atoms with Gasteiger partial charge in [0.15, 0.2) is 5.91 Å². The van der Waals surface area contributed by atoms with Gasteiger partial charge in [-0.1, -0.05) is 0 Å². The van der Waals surface area contributed by atoms with Crippen LogP contribution in [-0.4, -0.2) is 15.2 Å². The minimum Gasteiger partial charge on any atom is -0.366 e. The van der Waals surface area contributed by atoms with Crippen molar-refractivity contribution in [3.05, 3.63) is 0 Å². The third-order valence-corrected chi connectivity index (χ3v) is 1.82. The lowest BCUT2D eigenvalue weighted by Crippen LogP contribution is -1.72. The highest BCUT2D eigenvalue weighted by Gasteiger charge is 2.62. The Hall–Kier alpha value is 0.137. The van der Waals surface area contributed by atoms with E-state index in [4.69, 9.17) is 8.85 Å². The Morgan fingerprint density at radius 3 is 1.75 bits per heavy atom. The Morgan fingerprint density at radius 2 is 1.75 bits per heavy atom. The predicted octanol–water partition coefficient (Wildman–Crippen LogP) is -0.867. The molecule has 0 radical (unpaired) electrons. The topological polar surface area (TPSA) is 25.1 Å². The Morgan fingerprint density at radius 1 is 1.50 bits per heavy atom. The summed E-state index contributed by atoms with van der Waals surface area (Å²) in [7, 11) is -0.722. The van der Waals surface area contributed by atoms with Crippen molar-refractivity contribution in [3.63, 3.8) is 0 Å². The van der Waals surface area contributed by atoms with E-state index in [2.05, 4.69) is 0 Å². The largest absolute Gasteiger partial charge is 0.381 e. The van der Waals surface area contributed by atoms with E-state index in [1.54, 1.807) is 0 Å². The van der Waals surface area contributed by atoms with E-state index in [0.717, 1.165) is 0 Å². The molecule has 0 aromatic heterocycles. The van der Waals surface area contributed by atoms with E-state index >= 15 is 0 Å². The molecule has 22 valence electrons. The fourth-order valence-corrected chi connectivity index (χ4v) is 0.936. The Kier molecular flexibility index (Phi) is 0.0834. The maximum atomic E-state index is 4.72. The van der Waals surface area contributed by atoms with Crippen LogP contribution in [0.4, 0.5) is 0 Å². The van der Waals surface area contributed by atoms with Gasteiger partial charge < -0.3 is 8.85 Å². The molecule has 0 aromatic rings. The molecule has 0 atom stereocenters. The highest BCUT2D eigenvalue weighted by molar-refractivity contribution is 6.64. The molecule has 2 aliphatic heterocycles. The van der Waals surface area contributed by atoms with E-state index < -0.39 is 9.28 Å². The van der Waals surface area contributed by atoms with Gasteiger partial charge in [0.05, 0.1) is 0 Å². The molecule has 2 rings (SSSR count). The van der Waals surface area contributed by atoms with E-state index in [1.807, 2.05) is 0 Å². The van der Waals surface area contributed by atoms with Crippen LogP contribution in [0.25, 0.3) is 0 Å². The minimum atomic E-state index is -0.722. The third kappa shape index (κ3) is 0.0417. The molecule has 2 saturated heterocycles. The summed E-state index contributed by atoms with van der Waals surface area (Å²) in [5.41, 5.74) is 0. The van der Waals surface area contributed by atoms with Crippen molar-refractivity contribution in [1.29, 1.82) is 0 Å². The smallest absolute Gasteiger partial charge is 0.366 e. The van der Waals surface area contributed by atoms with Crippen molar-refractivity contribution in [2.75, 3.05) is 0 Å². The van der Waals surface area contributed by atoms with Crippen LogP contribution in [0, 0.1) is 0 Å². The highest BCUT2D eigenvalue weighted by Crippen LogP contribution is 2.36. The van der Waals surface area contributed by atoms with Gasteiger partial charge in [0, 0.05) is 0 Å². The minimum absolute atomic E-state index is 0.389. The first-order valence-electron chi connectivity index (χ1n) is 1.28. The summed E-state index contributed by atoms with van der Waals surface area (Å²) in [4.78, 5) is 0. The summed E-state index contributed by atoms with van der Waals surface area (Å²) in [5, 5.41) is 0. The lowest BCUT2D eigenvalue weighted by molar-refractivity contribution is 0.164. The number of fused-ring (bicyclic) bond motifs is 1. The molecule has 0 aromatic carbocycles. The first kappa shape index (κ1) is 1.54. The molecule has 0 N–H and O–H groups in total. The summed E-state index contributed by atoms with van der Waals surface area (Å²) in [5.74, 6) is 0.389. The summed E-state index contributed by atoms with van der Waals surface area (Å²) in [6.45, 7) is 0. The zero-order valence-electron chi connectivity index (χ0n) is 1.97. The molecule has 0 unspecified atom stereocenters. The molecule has 3 heteroatoms. The standard InChI is InChI=1S/CH2O2Si/c2-1-3-4(1)2/h1,4H. The van der Waals surface area contributed by atoms with Crippen LogP contribution in [0.15, 0.2) is 0 Å². The molecule has 4 heavy (non-hydrogen) atoms. The van der Waals surface area contributed by atoms with Crippen LogP contribution in [0.1, 0.15) is 0 Å². The Labute approximate surface area is 25.2 Å². The second kappa shape index (κ2) is 0.216. The van der Waals surface area contributed by atoms with E-state index in [1.165, 1.54) is 0 Å². The molecule has 0 bridgehead atoms. The van der Waals surface area contributed by atoms with Crippen LogP contribution < -0.4 is 0 Å². The average molecular weight is 74.1 g/mol. The van der Waals surface area contributed by atoms with E-state index in [-0.39, 0.29) is 0 Å². The zero-order chi connectivity index (χ0) is 2.57. The zero-order valence-corrected chi connectivity index (χ0v) is 3.13. The first-order chi connectivity index (χ1) is 1.97. The summed E-state index contributed by atoms with van der Waals surface area (Å²) in [6, 6.07) is 0. The second-order valence-electron chi connectivity index (χ2n) is 1.01. The molecule has 2 aliphatic rings. The maximum Gasteiger partial charge on any atom is 0.381 e. The van der Waals surface area contributed by atoms with Gasteiger partial charge in [0.1, 0.15) is 0 Å². The summed E-state index contributed by atoms with van der Waals surface area (Å²) in [6.07, 6.45) is 0. The predicted molar refractivity (Wildman–Crippen MR) is 13.1 cm³/mol. The van der Waals surface area contributed by atoms with Gasteiger partial charge in [-0.05, 0) is 0 Å². The van der Waals surface area contributed by atoms with Crippen LogP contribution in [-0.2, 0) is 8.85 Å². The van der Waals surface area contributed by atoms with Gasteiger partial charge in [-0.15, -0.1) is 0 Å². The SMILES string of the molecule is O1C2O[SiH]12. The van der Waals surface area contributed by atoms with Gasteiger partial charge in [-0.25, -0.2) is 0 Å². The van der Waals surface area contributed by atoms with Crippen LogP contribution in [0.3, 0.4) is 0 Å². The molecule has 2 fully saturated rings. The number of rotatable bonds is 0. The number of hydrogen-bond donors (Lipinski definition) is 0. The van der Waals surface area contributed by atoms with E-state index in [0.29, 0.717) is 5.91 Å². The van der Waals surface area contributed by atoms with Gasteiger partial charge in [-0.3, -0.25) is 0 Å². The average Bonchev–Trinajstić information content (AvgIpc) is 1.36. The normalized spacial score (nSPS) is 66.0. The fourth-order valence-electron chi connectivity index (χ4n) is 0.184. The molecule has 0 saturated carbocycles. The van der Waals surface area contributed by atoms with E-state index in [9.17, 15) is 0 Å². The van der Waals surface area contributed by atoms with Crippen molar-refractivity contribution < 1.29 is 8.85 Å². The Bertz CT molecular complexity index is 42.0. The lowest BCUT2D eigenvalue weighted by Gasteiger charge is -1.71. The third-order valence-electron chi connectivity index (χ3n) is 0.605. The van der Waals surface area contributed by atoms with Crippen LogP contribution in [0.2, 0.25) is 0 Å². The van der Waals surface area contributed by atoms with Gasteiger partial charge in [-0.2, -0.15) is 0 Å². The molecule has 2 nitrogen and oxygen atoms in total. The second-order valence-corrected chi connectivity index (χ2v) is 2.83. The Balaban J connectivity index is 2.48. The van der Waals surface area contributed by atoms with Gasteiger partial charge >= 0.3 is 9.28 Å². The highest BCUT2D eigenvalue weighted by atomic mass is 28.3. The monoisotopic (exact) mass is 74.0 g/mol. The molecule has 2 heterocycles. The molecule has 0 amide bonds. The summed E-state index contributed by atoms with van der Waals surface area (Å²) >= 11 is 0. The quantitative estimate of drug-likeness (QED) is 0.276. The van der Waals surface area contributed by atoms with Crippen LogP contribution in [0.5, 0.6) is 0 Å². The molecule has 0 aliphatic carbocycles. The van der Waals surface area contributed by atoms with Crippen molar-refractivity contribution in [2.45, 2.75) is 5.91 Å². The van der Waals surface area contributed by atoms with Crippen molar-refractivity contribution >= 4 is 9.28 Å². The first-order valence-corrected chi connectivity index (χ1v) is 2.89. The summed E-state index contributed by atoms with van der Waals surface area (Å²) < 4.78 is 9.44. The van der Waals surface area contributed by atoms with Gasteiger partial charge in [0.2, 0.25) is 0 Å². The number of hydrogen-bond acceptors (Lipinski definition) is 2. The van der Waals surface area contributed by atoms with Crippen molar-refractivity contribution in [3.8, 4) is 0 Å².